The second-order valence-electron chi connectivity index (χ2n) is 4.79. The molecule has 0 saturated heterocycles. The van der Waals surface area contributed by atoms with Crippen molar-refractivity contribution in [3.05, 3.63) is 45.5 Å². The molecular formula is C15H21N3S. The van der Waals surface area contributed by atoms with Gasteiger partial charge in [-0.05, 0) is 49.5 Å². The van der Waals surface area contributed by atoms with Gasteiger partial charge in [0, 0.05) is 0 Å². The molecule has 1 aromatic carbocycles. The summed E-state index contributed by atoms with van der Waals surface area (Å²) in [4.78, 5) is 1.25. The summed E-state index contributed by atoms with van der Waals surface area (Å²) in [5.41, 5.74) is 5.05. The van der Waals surface area contributed by atoms with E-state index in [1.54, 1.807) is 0 Å². The maximum absolute atomic E-state index is 4.24. The van der Waals surface area contributed by atoms with Gasteiger partial charge >= 0.3 is 0 Å². The van der Waals surface area contributed by atoms with Crippen LogP contribution in [0.2, 0.25) is 0 Å². The first-order valence-corrected chi connectivity index (χ1v) is 7.56. The molecule has 19 heavy (non-hydrogen) atoms. The van der Waals surface area contributed by atoms with Gasteiger partial charge in [0.25, 0.3) is 0 Å². The highest BCUT2D eigenvalue weighted by atomic mass is 32.1. The molecule has 0 amide bonds. The Morgan fingerprint density at radius 2 is 2.05 bits per heavy atom. The van der Waals surface area contributed by atoms with Crippen molar-refractivity contribution in [2.24, 2.45) is 0 Å². The summed E-state index contributed by atoms with van der Waals surface area (Å²) in [5.74, 6) is 0. The Morgan fingerprint density at radius 1 is 1.26 bits per heavy atom. The first kappa shape index (κ1) is 14.2. The molecule has 1 unspecified atom stereocenters. The summed E-state index contributed by atoms with van der Waals surface area (Å²) < 4.78 is 4.13. The van der Waals surface area contributed by atoms with Crippen LogP contribution in [0.4, 0.5) is 0 Å². The van der Waals surface area contributed by atoms with Crippen molar-refractivity contribution in [3.8, 4) is 0 Å². The normalized spacial score (nSPS) is 12.6. The molecule has 1 atom stereocenters. The zero-order chi connectivity index (χ0) is 13.8. The van der Waals surface area contributed by atoms with Crippen molar-refractivity contribution < 1.29 is 0 Å². The van der Waals surface area contributed by atoms with Gasteiger partial charge in [-0.2, -0.15) is 0 Å². The molecule has 0 spiro atoms. The molecule has 102 valence electrons. The van der Waals surface area contributed by atoms with Crippen LogP contribution in [0.3, 0.4) is 0 Å². The number of hydrogen-bond donors (Lipinski definition) is 1. The van der Waals surface area contributed by atoms with Crippen molar-refractivity contribution in [1.29, 1.82) is 0 Å². The molecule has 0 aliphatic rings. The fourth-order valence-electron chi connectivity index (χ4n) is 2.30. The lowest BCUT2D eigenvalue weighted by Gasteiger charge is -2.20. The van der Waals surface area contributed by atoms with Gasteiger partial charge in [0.15, 0.2) is 0 Å². The molecule has 0 saturated carbocycles. The van der Waals surface area contributed by atoms with E-state index in [2.05, 4.69) is 60.8 Å². The van der Waals surface area contributed by atoms with Crippen LogP contribution in [0.25, 0.3) is 0 Å². The SMILES string of the molecule is CCNC(c1cc(C)ccc1C)c1snnc1CC. The van der Waals surface area contributed by atoms with Crippen molar-refractivity contribution in [2.75, 3.05) is 6.54 Å². The Hall–Kier alpha value is -1.26. The molecular weight excluding hydrogens is 254 g/mol. The third-order valence-electron chi connectivity index (χ3n) is 3.34. The van der Waals surface area contributed by atoms with Crippen LogP contribution in [0.5, 0.6) is 0 Å². The third kappa shape index (κ3) is 3.01. The Balaban J connectivity index is 2.48. The summed E-state index contributed by atoms with van der Waals surface area (Å²) in [6, 6.07) is 6.82. The van der Waals surface area contributed by atoms with Crippen molar-refractivity contribution in [2.45, 2.75) is 40.2 Å². The first-order chi connectivity index (χ1) is 9.17. The Labute approximate surface area is 119 Å². The zero-order valence-corrected chi connectivity index (χ0v) is 12.8. The van der Waals surface area contributed by atoms with Gasteiger partial charge < -0.3 is 5.32 Å². The Kier molecular flexibility index (Phi) is 4.66. The molecule has 3 nitrogen and oxygen atoms in total. The monoisotopic (exact) mass is 275 g/mol. The second kappa shape index (κ2) is 6.26. The molecule has 4 heteroatoms. The summed E-state index contributed by atoms with van der Waals surface area (Å²) in [6.07, 6.45) is 0.929. The largest absolute Gasteiger partial charge is 0.306 e. The average molecular weight is 275 g/mol. The summed E-state index contributed by atoms with van der Waals surface area (Å²) >= 11 is 1.51. The van der Waals surface area contributed by atoms with Gasteiger partial charge in [0.1, 0.15) is 0 Å². The maximum Gasteiger partial charge on any atom is 0.0804 e. The lowest BCUT2D eigenvalue weighted by molar-refractivity contribution is 0.629. The fourth-order valence-corrected chi connectivity index (χ4v) is 3.13. The maximum atomic E-state index is 4.24. The van der Waals surface area contributed by atoms with Crippen LogP contribution >= 0.6 is 11.5 Å². The third-order valence-corrected chi connectivity index (χ3v) is 4.17. The molecule has 0 bridgehead atoms. The summed E-state index contributed by atoms with van der Waals surface area (Å²) in [6.45, 7) is 9.50. The highest BCUT2D eigenvalue weighted by molar-refractivity contribution is 7.05. The van der Waals surface area contributed by atoms with Crippen LogP contribution in [0.15, 0.2) is 18.2 Å². The van der Waals surface area contributed by atoms with E-state index in [0.29, 0.717) is 0 Å². The topological polar surface area (TPSA) is 37.8 Å². The van der Waals surface area contributed by atoms with Crippen molar-refractivity contribution in [3.63, 3.8) is 0 Å². The van der Waals surface area contributed by atoms with Gasteiger partial charge in [-0.15, -0.1) is 5.10 Å². The smallest absolute Gasteiger partial charge is 0.0804 e. The van der Waals surface area contributed by atoms with Gasteiger partial charge in [-0.25, -0.2) is 0 Å². The Morgan fingerprint density at radius 3 is 2.74 bits per heavy atom. The van der Waals surface area contributed by atoms with Gasteiger partial charge in [-0.1, -0.05) is 42.1 Å². The van der Waals surface area contributed by atoms with Crippen LogP contribution in [0, 0.1) is 13.8 Å². The van der Waals surface area contributed by atoms with E-state index in [1.807, 2.05) is 0 Å². The molecule has 0 radical (unpaired) electrons. The number of benzene rings is 1. The zero-order valence-electron chi connectivity index (χ0n) is 12.0. The van der Waals surface area contributed by atoms with Crippen LogP contribution in [-0.2, 0) is 6.42 Å². The average Bonchev–Trinajstić information content (AvgIpc) is 2.87. The standard InChI is InChI=1S/C15H21N3S/c1-5-13-15(19-18-17-13)14(16-6-2)12-9-10(3)7-8-11(12)4/h7-9,14,16H,5-6H2,1-4H3. The molecule has 0 fully saturated rings. The van der Waals surface area contributed by atoms with E-state index in [-0.39, 0.29) is 6.04 Å². The Bertz CT molecular complexity index is 548. The van der Waals surface area contributed by atoms with E-state index < -0.39 is 0 Å². The number of aryl methyl sites for hydroxylation is 3. The number of nitrogens with one attached hydrogen (secondary N) is 1. The first-order valence-electron chi connectivity index (χ1n) is 6.79. The van der Waals surface area contributed by atoms with E-state index in [0.717, 1.165) is 18.7 Å². The summed E-state index contributed by atoms with van der Waals surface area (Å²) in [7, 11) is 0. The summed E-state index contributed by atoms with van der Waals surface area (Å²) in [5, 5.41) is 7.82. The minimum Gasteiger partial charge on any atom is -0.306 e. The molecule has 2 rings (SSSR count). The van der Waals surface area contributed by atoms with E-state index in [4.69, 9.17) is 0 Å². The quantitative estimate of drug-likeness (QED) is 0.908. The molecule has 1 aromatic heterocycles. The van der Waals surface area contributed by atoms with Crippen LogP contribution < -0.4 is 5.32 Å². The molecule has 0 aliphatic carbocycles. The highest BCUT2D eigenvalue weighted by Gasteiger charge is 2.21. The van der Waals surface area contributed by atoms with Crippen LogP contribution in [-0.4, -0.2) is 16.1 Å². The fraction of sp³-hybridized carbons (Fsp3) is 0.467. The number of hydrogen-bond acceptors (Lipinski definition) is 4. The molecule has 2 aromatic rings. The van der Waals surface area contributed by atoms with Gasteiger partial charge in [0.2, 0.25) is 0 Å². The van der Waals surface area contributed by atoms with Crippen LogP contribution in [0.1, 0.15) is 47.2 Å². The lowest BCUT2D eigenvalue weighted by atomic mass is 9.96. The predicted octanol–water partition coefficient (Wildman–Crippen LogP) is 3.42. The predicted molar refractivity (Wildman–Crippen MR) is 80.7 cm³/mol. The number of rotatable bonds is 5. The van der Waals surface area contributed by atoms with E-state index in [9.17, 15) is 0 Å². The van der Waals surface area contributed by atoms with E-state index >= 15 is 0 Å². The number of nitrogens with zero attached hydrogens (tertiary/aromatic N) is 2. The minimum atomic E-state index is 0.208. The van der Waals surface area contributed by atoms with Gasteiger partial charge in [-0.3, -0.25) is 0 Å². The molecule has 1 N–H and O–H groups in total. The lowest BCUT2D eigenvalue weighted by Crippen LogP contribution is -2.23. The van der Waals surface area contributed by atoms with Gasteiger partial charge in [0.05, 0.1) is 16.6 Å². The molecule has 0 aliphatic heterocycles. The highest BCUT2D eigenvalue weighted by Crippen LogP contribution is 2.30. The second-order valence-corrected chi connectivity index (χ2v) is 5.57. The minimum absolute atomic E-state index is 0.208. The molecule has 1 heterocycles. The van der Waals surface area contributed by atoms with E-state index in [1.165, 1.54) is 33.1 Å². The van der Waals surface area contributed by atoms with Crippen molar-refractivity contribution in [1.82, 2.24) is 14.9 Å². The van der Waals surface area contributed by atoms with Crippen molar-refractivity contribution >= 4 is 11.5 Å². The number of aromatic nitrogens is 2.